The predicted molar refractivity (Wildman–Crippen MR) is 54.0 cm³/mol. The number of benzene rings is 1. The van der Waals surface area contributed by atoms with E-state index in [2.05, 4.69) is 10.3 Å². The Morgan fingerprint density at radius 3 is 3.00 bits per heavy atom. The van der Waals surface area contributed by atoms with Crippen LogP contribution in [0.25, 0.3) is 11.0 Å². The van der Waals surface area contributed by atoms with Gasteiger partial charge in [0.2, 0.25) is 0 Å². The van der Waals surface area contributed by atoms with Crippen LogP contribution >= 0.6 is 0 Å². The lowest BCUT2D eigenvalue weighted by molar-refractivity contribution is 0.273. The molecular weight excluding hydrogens is 178 g/mol. The Hall–Kier alpha value is -1.42. The standard InChI is InChI=1S/C10H13N3O/c1-7(6-14)8-3-4-9-10(5-8)13(2)12-11-9/h3-5,7,14H,6H2,1-2H3. The van der Waals surface area contributed by atoms with Gasteiger partial charge in [-0.1, -0.05) is 18.2 Å². The van der Waals surface area contributed by atoms with E-state index in [1.807, 2.05) is 32.2 Å². The molecule has 0 aliphatic rings. The lowest BCUT2D eigenvalue weighted by atomic mass is 10.0. The highest BCUT2D eigenvalue weighted by Crippen LogP contribution is 2.19. The molecule has 0 aliphatic carbocycles. The Bertz CT molecular complexity index is 450. The molecule has 14 heavy (non-hydrogen) atoms. The molecule has 74 valence electrons. The summed E-state index contributed by atoms with van der Waals surface area (Å²) in [5, 5.41) is 17.0. The van der Waals surface area contributed by atoms with E-state index < -0.39 is 0 Å². The van der Waals surface area contributed by atoms with Crippen molar-refractivity contribution in [2.75, 3.05) is 6.61 Å². The Morgan fingerprint density at radius 2 is 2.29 bits per heavy atom. The van der Waals surface area contributed by atoms with Crippen LogP contribution < -0.4 is 0 Å². The first-order chi connectivity index (χ1) is 6.72. The summed E-state index contributed by atoms with van der Waals surface area (Å²) in [6, 6.07) is 5.94. The van der Waals surface area contributed by atoms with Crippen LogP contribution in [0, 0.1) is 0 Å². The number of rotatable bonds is 2. The molecule has 2 rings (SSSR count). The Kier molecular flexibility index (Phi) is 2.21. The summed E-state index contributed by atoms with van der Waals surface area (Å²) in [4.78, 5) is 0. The molecule has 0 fully saturated rings. The predicted octanol–water partition coefficient (Wildman–Crippen LogP) is 1.06. The Balaban J connectivity index is 2.54. The van der Waals surface area contributed by atoms with Crippen molar-refractivity contribution >= 4 is 11.0 Å². The minimum Gasteiger partial charge on any atom is -0.396 e. The lowest BCUT2D eigenvalue weighted by Gasteiger charge is -2.07. The molecule has 1 atom stereocenters. The second-order valence-electron chi connectivity index (χ2n) is 3.54. The molecule has 1 aromatic carbocycles. The summed E-state index contributed by atoms with van der Waals surface area (Å²) >= 11 is 0. The van der Waals surface area contributed by atoms with Gasteiger partial charge in [0.1, 0.15) is 5.52 Å². The van der Waals surface area contributed by atoms with Crippen molar-refractivity contribution < 1.29 is 5.11 Å². The number of aromatic nitrogens is 3. The lowest BCUT2D eigenvalue weighted by Crippen LogP contribution is -1.99. The third-order valence-corrected chi connectivity index (χ3v) is 2.48. The van der Waals surface area contributed by atoms with Gasteiger partial charge in [-0.2, -0.15) is 0 Å². The fourth-order valence-electron chi connectivity index (χ4n) is 1.46. The van der Waals surface area contributed by atoms with Gasteiger partial charge in [-0.15, -0.1) is 5.10 Å². The van der Waals surface area contributed by atoms with Crippen molar-refractivity contribution in [1.29, 1.82) is 0 Å². The van der Waals surface area contributed by atoms with Crippen molar-refractivity contribution in [3.8, 4) is 0 Å². The minimum absolute atomic E-state index is 0.161. The molecule has 1 N–H and O–H groups in total. The quantitative estimate of drug-likeness (QED) is 0.772. The summed E-state index contributed by atoms with van der Waals surface area (Å²) in [6.45, 7) is 2.15. The fraction of sp³-hybridized carbons (Fsp3) is 0.400. The summed E-state index contributed by atoms with van der Waals surface area (Å²) < 4.78 is 1.74. The summed E-state index contributed by atoms with van der Waals surface area (Å²) in [5.74, 6) is 0.161. The molecule has 0 amide bonds. The van der Waals surface area contributed by atoms with Crippen LogP contribution in [-0.2, 0) is 7.05 Å². The number of aliphatic hydroxyl groups is 1. The first kappa shape index (κ1) is 9.15. The molecule has 0 radical (unpaired) electrons. The average Bonchev–Trinajstić information content (AvgIpc) is 2.59. The molecule has 0 bridgehead atoms. The van der Waals surface area contributed by atoms with Crippen LogP contribution in [-0.4, -0.2) is 26.7 Å². The third-order valence-electron chi connectivity index (χ3n) is 2.48. The minimum atomic E-state index is 0.161. The van der Waals surface area contributed by atoms with E-state index in [-0.39, 0.29) is 12.5 Å². The molecule has 4 nitrogen and oxygen atoms in total. The van der Waals surface area contributed by atoms with Gasteiger partial charge >= 0.3 is 0 Å². The maximum absolute atomic E-state index is 9.04. The van der Waals surface area contributed by atoms with Gasteiger partial charge in [-0.05, 0) is 17.7 Å². The topological polar surface area (TPSA) is 50.9 Å². The molecular formula is C10H13N3O. The van der Waals surface area contributed by atoms with E-state index in [1.54, 1.807) is 4.68 Å². The van der Waals surface area contributed by atoms with Crippen LogP contribution in [0.3, 0.4) is 0 Å². The largest absolute Gasteiger partial charge is 0.396 e. The number of aliphatic hydroxyl groups excluding tert-OH is 1. The van der Waals surface area contributed by atoms with Crippen molar-refractivity contribution in [3.05, 3.63) is 23.8 Å². The molecule has 1 unspecified atom stereocenters. The maximum atomic E-state index is 9.04. The highest BCUT2D eigenvalue weighted by atomic mass is 16.3. The van der Waals surface area contributed by atoms with Crippen LogP contribution in [0.2, 0.25) is 0 Å². The zero-order valence-corrected chi connectivity index (χ0v) is 8.31. The number of fused-ring (bicyclic) bond motifs is 1. The molecule has 1 heterocycles. The van der Waals surface area contributed by atoms with E-state index >= 15 is 0 Å². The molecule has 1 aromatic heterocycles. The molecule has 0 saturated carbocycles. The van der Waals surface area contributed by atoms with Crippen molar-refractivity contribution in [1.82, 2.24) is 15.0 Å². The van der Waals surface area contributed by atoms with Gasteiger partial charge < -0.3 is 5.11 Å². The molecule has 0 saturated heterocycles. The number of hydrogen-bond acceptors (Lipinski definition) is 3. The van der Waals surface area contributed by atoms with E-state index in [0.717, 1.165) is 16.6 Å². The normalized spacial score (nSPS) is 13.4. The highest BCUT2D eigenvalue weighted by molar-refractivity contribution is 5.75. The van der Waals surface area contributed by atoms with Crippen LogP contribution in [0.1, 0.15) is 18.4 Å². The van der Waals surface area contributed by atoms with Crippen molar-refractivity contribution in [3.63, 3.8) is 0 Å². The third kappa shape index (κ3) is 1.37. The van der Waals surface area contributed by atoms with Crippen LogP contribution in [0.4, 0.5) is 0 Å². The zero-order valence-electron chi connectivity index (χ0n) is 8.31. The van der Waals surface area contributed by atoms with E-state index in [0.29, 0.717) is 0 Å². The molecule has 4 heteroatoms. The summed E-state index contributed by atoms with van der Waals surface area (Å²) in [6.07, 6.45) is 0. The summed E-state index contributed by atoms with van der Waals surface area (Å²) in [5.41, 5.74) is 3.01. The average molecular weight is 191 g/mol. The van der Waals surface area contributed by atoms with Gasteiger partial charge in [-0.25, -0.2) is 4.68 Å². The van der Waals surface area contributed by atoms with E-state index in [1.165, 1.54) is 0 Å². The van der Waals surface area contributed by atoms with Crippen molar-refractivity contribution in [2.45, 2.75) is 12.8 Å². The van der Waals surface area contributed by atoms with Gasteiger partial charge in [0.25, 0.3) is 0 Å². The first-order valence-electron chi connectivity index (χ1n) is 4.62. The Morgan fingerprint density at radius 1 is 1.50 bits per heavy atom. The maximum Gasteiger partial charge on any atom is 0.113 e. The van der Waals surface area contributed by atoms with Gasteiger partial charge in [0, 0.05) is 19.6 Å². The second-order valence-corrected chi connectivity index (χ2v) is 3.54. The van der Waals surface area contributed by atoms with Gasteiger partial charge in [0.05, 0.1) is 5.52 Å². The second kappa shape index (κ2) is 3.38. The fourth-order valence-corrected chi connectivity index (χ4v) is 1.46. The van der Waals surface area contributed by atoms with Crippen LogP contribution in [0.5, 0.6) is 0 Å². The van der Waals surface area contributed by atoms with E-state index in [9.17, 15) is 0 Å². The smallest absolute Gasteiger partial charge is 0.113 e. The number of nitrogens with zero attached hydrogens (tertiary/aromatic N) is 3. The monoisotopic (exact) mass is 191 g/mol. The number of hydrogen-bond donors (Lipinski definition) is 1. The first-order valence-corrected chi connectivity index (χ1v) is 4.62. The van der Waals surface area contributed by atoms with Crippen molar-refractivity contribution in [2.24, 2.45) is 7.05 Å². The van der Waals surface area contributed by atoms with Gasteiger partial charge in [0.15, 0.2) is 0 Å². The SMILES string of the molecule is CC(CO)c1ccc2nnn(C)c2c1. The zero-order chi connectivity index (χ0) is 10.1. The van der Waals surface area contributed by atoms with E-state index in [4.69, 9.17) is 5.11 Å². The van der Waals surface area contributed by atoms with Crippen LogP contribution in [0.15, 0.2) is 18.2 Å². The molecule has 0 aliphatic heterocycles. The Labute approximate surface area is 82.2 Å². The number of aryl methyl sites for hydroxylation is 1. The molecule has 0 spiro atoms. The van der Waals surface area contributed by atoms with Gasteiger partial charge in [-0.3, -0.25) is 0 Å². The molecule has 2 aromatic rings. The summed E-state index contributed by atoms with van der Waals surface area (Å²) in [7, 11) is 1.86. The highest BCUT2D eigenvalue weighted by Gasteiger charge is 2.07.